The summed E-state index contributed by atoms with van der Waals surface area (Å²) in [4.78, 5) is 0. The molecule has 0 spiro atoms. The first kappa shape index (κ1) is 10.9. The summed E-state index contributed by atoms with van der Waals surface area (Å²) in [5.41, 5.74) is 2.41. The molecule has 2 saturated carbocycles. The van der Waals surface area contributed by atoms with Gasteiger partial charge in [0.1, 0.15) is 0 Å². The van der Waals surface area contributed by atoms with Crippen molar-refractivity contribution in [3.8, 4) is 0 Å². The lowest BCUT2D eigenvalue weighted by Crippen LogP contribution is -2.33. The van der Waals surface area contributed by atoms with E-state index >= 15 is 0 Å². The van der Waals surface area contributed by atoms with E-state index in [1.54, 1.807) is 6.07 Å². The Kier molecular flexibility index (Phi) is 2.72. The zero-order valence-electron chi connectivity index (χ0n) is 9.69. The van der Waals surface area contributed by atoms with Crippen molar-refractivity contribution >= 4 is 24.0 Å². The Morgan fingerprint density at radius 1 is 1.00 bits per heavy atom. The highest BCUT2D eigenvalue weighted by atomic mass is 16.4. The van der Waals surface area contributed by atoms with Crippen LogP contribution in [0.4, 0.5) is 11.4 Å². The number of rotatable bonds is 5. The maximum atomic E-state index is 9.40. The monoisotopic (exact) mass is 232 g/mol. The first-order chi connectivity index (χ1) is 8.24. The van der Waals surface area contributed by atoms with E-state index < -0.39 is 7.12 Å². The van der Waals surface area contributed by atoms with Gasteiger partial charge >= 0.3 is 7.12 Å². The maximum Gasteiger partial charge on any atom is 0.490 e. The largest absolute Gasteiger partial charge is 0.490 e. The molecule has 1 aromatic carbocycles. The molecule has 2 aliphatic rings. The van der Waals surface area contributed by atoms with Crippen molar-refractivity contribution in [1.82, 2.24) is 0 Å². The van der Waals surface area contributed by atoms with Crippen LogP contribution in [-0.2, 0) is 0 Å². The minimum atomic E-state index is -1.42. The number of hydrogen-bond acceptors (Lipinski definition) is 4. The molecule has 0 radical (unpaired) electrons. The van der Waals surface area contributed by atoms with Crippen molar-refractivity contribution in [2.45, 2.75) is 37.8 Å². The van der Waals surface area contributed by atoms with E-state index in [1.807, 2.05) is 12.1 Å². The Bertz CT molecular complexity index is 417. The molecule has 0 unspecified atom stereocenters. The van der Waals surface area contributed by atoms with Gasteiger partial charge in [0, 0.05) is 17.5 Å². The van der Waals surface area contributed by atoms with Crippen molar-refractivity contribution in [1.29, 1.82) is 0 Å². The molecule has 0 saturated heterocycles. The summed E-state index contributed by atoms with van der Waals surface area (Å²) in [6.07, 6.45) is 4.74. The molecule has 17 heavy (non-hydrogen) atoms. The summed E-state index contributed by atoms with van der Waals surface area (Å²) >= 11 is 0. The van der Waals surface area contributed by atoms with Crippen molar-refractivity contribution in [3.05, 3.63) is 18.2 Å². The minimum absolute atomic E-state index is 0.495. The third-order valence-corrected chi connectivity index (χ3v) is 3.24. The molecule has 1 aromatic rings. The van der Waals surface area contributed by atoms with E-state index in [2.05, 4.69) is 10.6 Å². The molecule has 0 atom stereocenters. The van der Waals surface area contributed by atoms with Gasteiger partial charge in [-0.3, -0.25) is 0 Å². The number of hydrogen-bond donors (Lipinski definition) is 4. The summed E-state index contributed by atoms with van der Waals surface area (Å²) in [7, 11) is -1.42. The van der Waals surface area contributed by atoms with Gasteiger partial charge in [0.2, 0.25) is 0 Å². The fraction of sp³-hybridized carbons (Fsp3) is 0.500. The average Bonchev–Trinajstić information content (AvgIpc) is 3.13. The van der Waals surface area contributed by atoms with Gasteiger partial charge in [-0.05, 0) is 31.7 Å². The first-order valence-corrected chi connectivity index (χ1v) is 6.26. The fourth-order valence-electron chi connectivity index (χ4n) is 1.95. The standard InChI is InChI=1S/C12H17BN2O2/c16-13(17)10-2-1-3-11(14-8-4-5-8)12(10)15-9-6-7-9/h1-3,8-9,14-17H,4-7H2. The fourth-order valence-corrected chi connectivity index (χ4v) is 1.95. The topological polar surface area (TPSA) is 64.5 Å². The minimum Gasteiger partial charge on any atom is -0.423 e. The van der Waals surface area contributed by atoms with Crippen LogP contribution in [0.25, 0.3) is 0 Å². The molecule has 2 aliphatic carbocycles. The van der Waals surface area contributed by atoms with Crippen LogP contribution in [-0.4, -0.2) is 29.3 Å². The molecule has 0 aromatic heterocycles. The molecule has 4 N–H and O–H groups in total. The Morgan fingerprint density at radius 3 is 2.24 bits per heavy atom. The normalized spacial score (nSPS) is 18.9. The lowest BCUT2D eigenvalue weighted by atomic mass is 9.78. The SMILES string of the molecule is OB(O)c1cccc(NC2CC2)c1NC1CC1. The third-order valence-electron chi connectivity index (χ3n) is 3.24. The van der Waals surface area contributed by atoms with Gasteiger partial charge in [-0.1, -0.05) is 12.1 Å². The predicted molar refractivity (Wildman–Crippen MR) is 69.6 cm³/mol. The molecular weight excluding hydrogens is 215 g/mol. The third kappa shape index (κ3) is 2.56. The van der Waals surface area contributed by atoms with Crippen LogP contribution >= 0.6 is 0 Å². The van der Waals surface area contributed by atoms with Crippen molar-refractivity contribution < 1.29 is 10.0 Å². The van der Waals surface area contributed by atoms with E-state index in [0.717, 1.165) is 11.4 Å². The van der Waals surface area contributed by atoms with Crippen molar-refractivity contribution in [2.75, 3.05) is 10.6 Å². The Morgan fingerprint density at radius 2 is 1.65 bits per heavy atom. The molecule has 0 aliphatic heterocycles. The predicted octanol–water partition coefficient (Wildman–Crippen LogP) is 0.515. The highest BCUT2D eigenvalue weighted by Crippen LogP contribution is 2.32. The molecule has 90 valence electrons. The summed E-state index contributed by atoms with van der Waals surface area (Å²) in [5.74, 6) is 0. The molecule has 3 rings (SSSR count). The van der Waals surface area contributed by atoms with Crippen LogP contribution in [0.15, 0.2) is 18.2 Å². The first-order valence-electron chi connectivity index (χ1n) is 6.26. The van der Waals surface area contributed by atoms with Crippen molar-refractivity contribution in [2.24, 2.45) is 0 Å². The maximum absolute atomic E-state index is 9.40. The van der Waals surface area contributed by atoms with Gasteiger partial charge in [0.05, 0.1) is 11.4 Å². The zero-order valence-corrected chi connectivity index (χ0v) is 9.69. The van der Waals surface area contributed by atoms with E-state index in [1.165, 1.54) is 25.7 Å². The lowest BCUT2D eigenvalue weighted by Gasteiger charge is -2.17. The van der Waals surface area contributed by atoms with Gasteiger partial charge in [-0.25, -0.2) is 0 Å². The van der Waals surface area contributed by atoms with Crippen LogP contribution in [0.3, 0.4) is 0 Å². The Labute approximate surface area is 101 Å². The van der Waals surface area contributed by atoms with Crippen LogP contribution in [0.2, 0.25) is 0 Å². The van der Waals surface area contributed by atoms with Gasteiger partial charge < -0.3 is 20.7 Å². The van der Waals surface area contributed by atoms with Crippen LogP contribution in [0.1, 0.15) is 25.7 Å². The molecular formula is C12H17BN2O2. The van der Waals surface area contributed by atoms with E-state index in [4.69, 9.17) is 0 Å². The number of anilines is 2. The Balaban J connectivity index is 1.89. The summed E-state index contributed by atoms with van der Waals surface area (Å²) in [6, 6.07) is 6.66. The van der Waals surface area contributed by atoms with Gasteiger partial charge in [0.15, 0.2) is 0 Å². The molecule has 0 bridgehead atoms. The molecule has 4 nitrogen and oxygen atoms in total. The van der Waals surface area contributed by atoms with E-state index in [-0.39, 0.29) is 0 Å². The molecule has 5 heteroatoms. The van der Waals surface area contributed by atoms with Crippen LogP contribution in [0, 0.1) is 0 Å². The van der Waals surface area contributed by atoms with Crippen LogP contribution in [0.5, 0.6) is 0 Å². The van der Waals surface area contributed by atoms with Crippen molar-refractivity contribution in [3.63, 3.8) is 0 Å². The summed E-state index contributed by atoms with van der Waals surface area (Å²) in [5, 5.41) is 25.6. The quantitative estimate of drug-likeness (QED) is 0.559. The second kappa shape index (κ2) is 4.24. The Hall–Kier alpha value is -1.20. The van der Waals surface area contributed by atoms with Crippen LogP contribution < -0.4 is 16.1 Å². The van der Waals surface area contributed by atoms with E-state index in [0.29, 0.717) is 17.5 Å². The smallest absolute Gasteiger partial charge is 0.423 e. The van der Waals surface area contributed by atoms with Gasteiger partial charge in [-0.2, -0.15) is 0 Å². The highest BCUT2D eigenvalue weighted by Gasteiger charge is 2.28. The van der Waals surface area contributed by atoms with Gasteiger partial charge in [-0.15, -0.1) is 0 Å². The van der Waals surface area contributed by atoms with E-state index in [9.17, 15) is 10.0 Å². The summed E-state index contributed by atoms with van der Waals surface area (Å²) < 4.78 is 0. The summed E-state index contributed by atoms with van der Waals surface area (Å²) in [6.45, 7) is 0. The number of benzene rings is 1. The number of nitrogens with one attached hydrogen (secondary N) is 2. The average molecular weight is 232 g/mol. The van der Waals surface area contributed by atoms with Gasteiger partial charge in [0.25, 0.3) is 0 Å². The lowest BCUT2D eigenvalue weighted by molar-refractivity contribution is 0.426. The number of para-hydroxylation sites is 1. The second-order valence-corrected chi connectivity index (χ2v) is 4.98. The molecule has 2 fully saturated rings. The zero-order chi connectivity index (χ0) is 11.8. The second-order valence-electron chi connectivity index (χ2n) is 4.98. The molecule has 0 heterocycles. The molecule has 0 amide bonds. The highest BCUT2D eigenvalue weighted by molar-refractivity contribution is 6.61.